The fourth-order valence-electron chi connectivity index (χ4n) is 3.89. The first kappa shape index (κ1) is 18.1. The summed E-state index contributed by atoms with van der Waals surface area (Å²) in [5.74, 6) is 0.0355. The van der Waals surface area contributed by atoms with E-state index < -0.39 is 0 Å². The predicted octanol–water partition coefficient (Wildman–Crippen LogP) is 3.81. The molecule has 0 bridgehead atoms. The van der Waals surface area contributed by atoms with Crippen molar-refractivity contribution in [2.45, 2.75) is 57.5 Å². The summed E-state index contributed by atoms with van der Waals surface area (Å²) >= 11 is 5.91. The van der Waals surface area contributed by atoms with Crippen molar-refractivity contribution in [1.82, 2.24) is 10.2 Å². The molecule has 1 saturated heterocycles. The molecule has 1 atom stereocenters. The minimum absolute atomic E-state index is 0.0355. The molecule has 3 rings (SSSR count). The van der Waals surface area contributed by atoms with E-state index in [2.05, 4.69) is 5.32 Å². The van der Waals surface area contributed by atoms with Gasteiger partial charge >= 0.3 is 6.03 Å². The van der Waals surface area contributed by atoms with E-state index in [9.17, 15) is 9.59 Å². The van der Waals surface area contributed by atoms with Crippen LogP contribution in [0.25, 0.3) is 0 Å². The molecule has 2 fully saturated rings. The second-order valence-corrected chi connectivity index (χ2v) is 7.35. The second-order valence-electron chi connectivity index (χ2n) is 6.91. The lowest BCUT2D eigenvalue weighted by Crippen LogP contribution is -2.50. The molecule has 3 amide bonds. The highest BCUT2D eigenvalue weighted by Crippen LogP contribution is 2.25. The number of rotatable bonds is 4. The zero-order valence-electron chi connectivity index (χ0n) is 14.7. The Balaban J connectivity index is 1.60. The van der Waals surface area contributed by atoms with Crippen LogP contribution in [0.15, 0.2) is 24.3 Å². The van der Waals surface area contributed by atoms with E-state index in [0.717, 1.165) is 18.5 Å². The number of amides is 3. The van der Waals surface area contributed by atoms with Gasteiger partial charge in [-0.2, -0.15) is 0 Å². The summed E-state index contributed by atoms with van der Waals surface area (Å²) in [6.45, 7) is 3.24. The molecule has 0 radical (unpaired) electrons. The van der Waals surface area contributed by atoms with Gasteiger partial charge in [-0.05, 0) is 44.0 Å². The van der Waals surface area contributed by atoms with E-state index in [1.165, 1.54) is 19.3 Å². The van der Waals surface area contributed by atoms with E-state index in [4.69, 9.17) is 11.6 Å². The average Bonchev–Trinajstić information content (AvgIpc) is 2.97. The lowest BCUT2D eigenvalue weighted by molar-refractivity contribution is -0.117. The summed E-state index contributed by atoms with van der Waals surface area (Å²) in [4.78, 5) is 28.7. The van der Waals surface area contributed by atoms with Gasteiger partial charge in [0, 0.05) is 36.3 Å². The molecule has 1 N–H and O–H groups in total. The highest BCUT2D eigenvalue weighted by atomic mass is 35.5. The van der Waals surface area contributed by atoms with Crippen molar-refractivity contribution in [3.63, 3.8) is 0 Å². The van der Waals surface area contributed by atoms with Crippen LogP contribution in [0.1, 0.15) is 45.4 Å². The summed E-state index contributed by atoms with van der Waals surface area (Å²) in [5.41, 5.74) is 0.825. The summed E-state index contributed by atoms with van der Waals surface area (Å²) in [6.07, 6.45) is 6.17. The van der Waals surface area contributed by atoms with E-state index in [-0.39, 0.29) is 18.0 Å². The summed E-state index contributed by atoms with van der Waals surface area (Å²) < 4.78 is 0. The number of halogens is 1. The highest BCUT2D eigenvalue weighted by Gasteiger charge is 2.33. The zero-order chi connectivity index (χ0) is 17.8. The number of hydrogen-bond donors (Lipinski definition) is 1. The summed E-state index contributed by atoms with van der Waals surface area (Å²) in [6, 6.07) is 7.38. The molecule has 25 heavy (non-hydrogen) atoms. The van der Waals surface area contributed by atoms with Crippen molar-refractivity contribution in [3.05, 3.63) is 29.3 Å². The molecule has 0 unspecified atom stereocenters. The van der Waals surface area contributed by atoms with Crippen LogP contribution in [0, 0.1) is 0 Å². The van der Waals surface area contributed by atoms with E-state index in [1.54, 1.807) is 17.0 Å². The topological polar surface area (TPSA) is 52.7 Å². The third-order valence-electron chi connectivity index (χ3n) is 5.21. The van der Waals surface area contributed by atoms with Crippen LogP contribution < -0.4 is 10.2 Å². The monoisotopic (exact) mass is 363 g/mol. The number of anilines is 1. The van der Waals surface area contributed by atoms with Crippen LogP contribution in [0.3, 0.4) is 0 Å². The van der Waals surface area contributed by atoms with Crippen molar-refractivity contribution in [2.24, 2.45) is 0 Å². The Morgan fingerprint density at radius 1 is 1.24 bits per heavy atom. The Kier molecular flexibility index (Phi) is 5.84. The predicted molar refractivity (Wildman–Crippen MR) is 100.0 cm³/mol. The third-order valence-corrected chi connectivity index (χ3v) is 5.46. The van der Waals surface area contributed by atoms with Crippen LogP contribution >= 0.6 is 11.6 Å². The number of urea groups is 1. The zero-order valence-corrected chi connectivity index (χ0v) is 15.5. The molecule has 1 aliphatic heterocycles. The van der Waals surface area contributed by atoms with Gasteiger partial charge in [0.1, 0.15) is 0 Å². The van der Waals surface area contributed by atoms with Gasteiger partial charge in [0.05, 0.1) is 6.04 Å². The number of hydrogen-bond acceptors (Lipinski definition) is 2. The minimum atomic E-state index is -0.145. The van der Waals surface area contributed by atoms with E-state index in [0.29, 0.717) is 30.6 Å². The van der Waals surface area contributed by atoms with Gasteiger partial charge in [-0.1, -0.05) is 30.9 Å². The van der Waals surface area contributed by atoms with E-state index in [1.807, 2.05) is 24.0 Å². The molecule has 5 nitrogen and oxygen atoms in total. The Morgan fingerprint density at radius 3 is 2.56 bits per heavy atom. The smallest absolute Gasteiger partial charge is 0.317 e. The Labute approximate surface area is 154 Å². The standard InChI is InChI=1S/C19H26ClN3O2/c1-2-22(16-6-4-3-5-7-16)19(25)21-15-12-18(24)23(13-15)17-10-8-14(20)9-11-17/h8-11,15-16H,2-7,12-13H2,1H3,(H,21,25)/t15-/m1/s1. The summed E-state index contributed by atoms with van der Waals surface area (Å²) in [5, 5.41) is 3.71. The first-order valence-corrected chi connectivity index (χ1v) is 9.59. The van der Waals surface area contributed by atoms with Crippen molar-refractivity contribution in [1.29, 1.82) is 0 Å². The first-order valence-electron chi connectivity index (χ1n) is 9.21. The summed E-state index contributed by atoms with van der Waals surface area (Å²) in [7, 11) is 0. The van der Waals surface area contributed by atoms with Crippen molar-refractivity contribution in [3.8, 4) is 0 Å². The quantitative estimate of drug-likeness (QED) is 0.884. The van der Waals surface area contributed by atoms with Gasteiger partial charge in [-0.25, -0.2) is 4.79 Å². The average molecular weight is 364 g/mol. The second kappa shape index (κ2) is 8.09. The van der Waals surface area contributed by atoms with Gasteiger partial charge in [-0.3, -0.25) is 4.79 Å². The fraction of sp³-hybridized carbons (Fsp3) is 0.579. The highest BCUT2D eigenvalue weighted by molar-refractivity contribution is 6.30. The van der Waals surface area contributed by atoms with Gasteiger partial charge < -0.3 is 15.1 Å². The molecule has 6 heteroatoms. The van der Waals surface area contributed by atoms with Crippen LogP contribution in [0.2, 0.25) is 5.02 Å². The maximum Gasteiger partial charge on any atom is 0.317 e. The van der Waals surface area contributed by atoms with Crippen molar-refractivity contribution in [2.75, 3.05) is 18.0 Å². The Bertz CT molecular complexity index is 614. The van der Waals surface area contributed by atoms with Crippen molar-refractivity contribution < 1.29 is 9.59 Å². The Morgan fingerprint density at radius 2 is 1.92 bits per heavy atom. The number of carbonyl (C=O) groups excluding carboxylic acids is 2. The molecular weight excluding hydrogens is 338 g/mol. The van der Waals surface area contributed by atoms with Crippen LogP contribution in [-0.4, -0.2) is 42.0 Å². The molecule has 0 spiro atoms. The molecule has 1 saturated carbocycles. The molecule has 2 aliphatic rings. The van der Waals surface area contributed by atoms with Gasteiger partial charge in [0.2, 0.25) is 5.91 Å². The number of carbonyl (C=O) groups is 2. The molecule has 0 aromatic heterocycles. The first-order chi connectivity index (χ1) is 12.1. The Hall–Kier alpha value is -1.75. The lowest BCUT2D eigenvalue weighted by Gasteiger charge is -2.34. The maximum absolute atomic E-state index is 12.7. The molecule has 1 aromatic carbocycles. The molecule has 1 aromatic rings. The largest absolute Gasteiger partial charge is 0.333 e. The van der Waals surface area contributed by atoms with Crippen LogP contribution in [0.5, 0.6) is 0 Å². The van der Waals surface area contributed by atoms with Gasteiger partial charge in [0.25, 0.3) is 0 Å². The fourth-order valence-corrected chi connectivity index (χ4v) is 4.02. The normalized spacial score (nSPS) is 21.4. The SMILES string of the molecule is CCN(C(=O)N[C@@H]1CC(=O)N(c2ccc(Cl)cc2)C1)C1CCCCC1. The number of benzene rings is 1. The van der Waals surface area contributed by atoms with E-state index >= 15 is 0 Å². The van der Waals surface area contributed by atoms with Gasteiger partial charge in [-0.15, -0.1) is 0 Å². The van der Waals surface area contributed by atoms with Crippen LogP contribution in [0.4, 0.5) is 10.5 Å². The molecule has 1 heterocycles. The maximum atomic E-state index is 12.7. The minimum Gasteiger partial charge on any atom is -0.333 e. The molecule has 1 aliphatic carbocycles. The van der Waals surface area contributed by atoms with Gasteiger partial charge in [0.15, 0.2) is 0 Å². The lowest BCUT2D eigenvalue weighted by atomic mass is 9.94. The number of nitrogens with one attached hydrogen (secondary N) is 1. The third kappa shape index (κ3) is 4.27. The van der Waals surface area contributed by atoms with Crippen molar-refractivity contribution >= 4 is 29.2 Å². The molecular formula is C19H26ClN3O2. The number of nitrogens with zero attached hydrogens (tertiary/aromatic N) is 2. The van der Waals surface area contributed by atoms with Crippen LogP contribution in [-0.2, 0) is 4.79 Å². The molecule has 136 valence electrons.